The van der Waals surface area contributed by atoms with Crippen LogP contribution in [0.5, 0.6) is 0 Å². The fourth-order valence-corrected chi connectivity index (χ4v) is 2.72. The van der Waals surface area contributed by atoms with Crippen LogP contribution in [0.3, 0.4) is 0 Å². The van der Waals surface area contributed by atoms with E-state index in [1.165, 1.54) is 18.4 Å². The van der Waals surface area contributed by atoms with Crippen LogP contribution in [0.25, 0.3) is 10.9 Å². The van der Waals surface area contributed by atoms with Crippen molar-refractivity contribution in [2.75, 3.05) is 5.73 Å². The number of anilines is 1. The van der Waals surface area contributed by atoms with Crippen LogP contribution in [0.4, 0.5) is 5.69 Å². The quantitative estimate of drug-likeness (QED) is 0.861. The van der Waals surface area contributed by atoms with E-state index in [0.717, 1.165) is 26.8 Å². The number of rotatable bonds is 1. The number of aromatic nitrogens is 1. The van der Waals surface area contributed by atoms with Crippen molar-refractivity contribution in [3.8, 4) is 0 Å². The monoisotopic (exact) mass is 276 g/mol. The van der Waals surface area contributed by atoms with Crippen LogP contribution in [0.15, 0.2) is 22.7 Å². The molecule has 1 heterocycles. The first kappa shape index (κ1) is 10.1. The Bertz CT molecular complexity index is 574. The van der Waals surface area contributed by atoms with E-state index in [2.05, 4.69) is 35.0 Å². The van der Waals surface area contributed by atoms with Crippen molar-refractivity contribution in [3.63, 3.8) is 0 Å². The molecule has 16 heavy (non-hydrogen) atoms. The maximum absolute atomic E-state index is 6.10. The number of fused-ring (bicyclic) bond motifs is 1. The number of nitrogen functional groups attached to an aromatic ring is 1. The summed E-state index contributed by atoms with van der Waals surface area (Å²) in [5, 5.41) is 1.05. The average molecular weight is 277 g/mol. The molecule has 1 aliphatic rings. The Hall–Kier alpha value is -1.09. The van der Waals surface area contributed by atoms with Gasteiger partial charge in [-0.05, 0) is 59.5 Å². The fraction of sp³-hybridized carbons (Fsp3) is 0.308. The highest BCUT2D eigenvalue weighted by Gasteiger charge is 2.25. The number of hydrogen-bond acceptors (Lipinski definition) is 2. The summed E-state index contributed by atoms with van der Waals surface area (Å²) in [6.45, 7) is 2.07. The number of pyridine rings is 1. The molecule has 0 radical (unpaired) electrons. The number of benzene rings is 1. The van der Waals surface area contributed by atoms with Crippen molar-refractivity contribution < 1.29 is 0 Å². The van der Waals surface area contributed by atoms with Crippen LogP contribution in [-0.4, -0.2) is 4.98 Å². The Balaban J connectivity index is 2.32. The minimum Gasteiger partial charge on any atom is -0.398 e. The fourth-order valence-electron chi connectivity index (χ4n) is 2.05. The van der Waals surface area contributed by atoms with Crippen LogP contribution in [0.1, 0.15) is 30.0 Å². The molecule has 1 aromatic carbocycles. The first-order valence-electron chi connectivity index (χ1n) is 5.51. The molecule has 0 amide bonds. The summed E-state index contributed by atoms with van der Waals surface area (Å²) in [5.74, 6) is 0.639. The molecule has 2 nitrogen and oxygen atoms in total. The van der Waals surface area contributed by atoms with E-state index in [4.69, 9.17) is 10.7 Å². The second-order valence-corrected chi connectivity index (χ2v) is 5.41. The highest BCUT2D eigenvalue weighted by molar-refractivity contribution is 9.10. The summed E-state index contributed by atoms with van der Waals surface area (Å²) < 4.78 is 1.04. The number of nitrogens with two attached hydrogens (primary N) is 1. The van der Waals surface area contributed by atoms with Crippen LogP contribution >= 0.6 is 15.9 Å². The van der Waals surface area contributed by atoms with Crippen LogP contribution in [-0.2, 0) is 0 Å². The first-order valence-corrected chi connectivity index (χ1v) is 6.31. The predicted octanol–water partition coefficient (Wildman–Crippen LogP) is 3.77. The van der Waals surface area contributed by atoms with Crippen molar-refractivity contribution in [2.45, 2.75) is 25.7 Å². The molecule has 0 spiro atoms. The Morgan fingerprint density at radius 1 is 1.31 bits per heavy atom. The third kappa shape index (κ3) is 1.59. The summed E-state index contributed by atoms with van der Waals surface area (Å²) in [6, 6.07) is 6.22. The second-order valence-electron chi connectivity index (χ2n) is 4.55. The molecule has 1 aromatic heterocycles. The molecular weight excluding hydrogens is 264 g/mol. The van der Waals surface area contributed by atoms with E-state index in [1.54, 1.807) is 0 Å². The van der Waals surface area contributed by atoms with Gasteiger partial charge in [-0.15, -0.1) is 0 Å². The van der Waals surface area contributed by atoms with Crippen LogP contribution in [0, 0.1) is 6.92 Å². The van der Waals surface area contributed by atoms with Gasteiger partial charge >= 0.3 is 0 Å². The predicted molar refractivity (Wildman–Crippen MR) is 70.6 cm³/mol. The lowest BCUT2D eigenvalue weighted by Gasteiger charge is -2.08. The summed E-state index contributed by atoms with van der Waals surface area (Å²) in [4.78, 5) is 4.71. The molecule has 0 aliphatic heterocycles. The van der Waals surface area contributed by atoms with Gasteiger partial charge in [-0.3, -0.25) is 4.98 Å². The topological polar surface area (TPSA) is 38.9 Å². The van der Waals surface area contributed by atoms with Gasteiger partial charge in [-0.2, -0.15) is 0 Å². The van der Waals surface area contributed by atoms with E-state index < -0.39 is 0 Å². The van der Waals surface area contributed by atoms with E-state index in [0.29, 0.717) is 5.92 Å². The molecular formula is C13H13BrN2. The van der Waals surface area contributed by atoms with Crippen molar-refractivity contribution in [3.05, 3.63) is 33.9 Å². The molecule has 0 atom stereocenters. The van der Waals surface area contributed by atoms with E-state index in [9.17, 15) is 0 Å². The van der Waals surface area contributed by atoms with Gasteiger partial charge in [0.25, 0.3) is 0 Å². The van der Waals surface area contributed by atoms with Crippen LogP contribution in [0.2, 0.25) is 0 Å². The number of hydrogen-bond donors (Lipinski definition) is 1. The average Bonchev–Trinajstić information content (AvgIpc) is 3.02. The Kier molecular flexibility index (Phi) is 2.18. The van der Waals surface area contributed by atoms with Crippen molar-refractivity contribution in [1.82, 2.24) is 4.98 Å². The zero-order valence-electron chi connectivity index (χ0n) is 9.13. The van der Waals surface area contributed by atoms with Gasteiger partial charge in [0, 0.05) is 27.2 Å². The molecule has 3 heteroatoms. The summed E-state index contributed by atoms with van der Waals surface area (Å²) in [6.07, 6.45) is 2.50. The zero-order chi connectivity index (χ0) is 11.3. The van der Waals surface area contributed by atoms with Crippen LogP contribution < -0.4 is 5.73 Å². The summed E-state index contributed by atoms with van der Waals surface area (Å²) in [7, 11) is 0. The number of nitrogens with zero attached hydrogens (tertiary/aromatic N) is 1. The number of halogens is 1. The number of aryl methyl sites for hydroxylation is 1. The van der Waals surface area contributed by atoms with Gasteiger partial charge < -0.3 is 5.73 Å². The van der Waals surface area contributed by atoms with Gasteiger partial charge in [-0.1, -0.05) is 0 Å². The standard InChI is InChI=1S/C13H13BrN2/c1-7-4-9-11(15)6-12(8-2-3-8)16-13(9)10(14)5-7/h4-6,8H,2-3H2,1H3,(H2,15,16). The molecule has 3 rings (SSSR count). The normalized spacial score (nSPS) is 15.6. The lowest BCUT2D eigenvalue weighted by atomic mass is 10.1. The first-order chi connectivity index (χ1) is 7.65. The Labute approximate surface area is 103 Å². The van der Waals surface area contributed by atoms with Gasteiger partial charge in [0.2, 0.25) is 0 Å². The minimum absolute atomic E-state index is 0.639. The SMILES string of the molecule is Cc1cc(Br)c2nc(C3CC3)cc(N)c2c1. The molecule has 0 saturated heterocycles. The molecule has 82 valence electrons. The maximum Gasteiger partial charge on any atom is 0.0868 e. The zero-order valence-corrected chi connectivity index (χ0v) is 10.7. The lowest BCUT2D eigenvalue weighted by molar-refractivity contribution is 1.04. The minimum atomic E-state index is 0.639. The van der Waals surface area contributed by atoms with Gasteiger partial charge in [0.15, 0.2) is 0 Å². The highest BCUT2D eigenvalue weighted by Crippen LogP contribution is 2.41. The van der Waals surface area contributed by atoms with E-state index in [-0.39, 0.29) is 0 Å². The highest BCUT2D eigenvalue weighted by atomic mass is 79.9. The third-order valence-electron chi connectivity index (χ3n) is 3.06. The molecule has 1 fully saturated rings. The Morgan fingerprint density at radius 2 is 2.06 bits per heavy atom. The van der Waals surface area contributed by atoms with Crippen molar-refractivity contribution in [1.29, 1.82) is 0 Å². The van der Waals surface area contributed by atoms with E-state index >= 15 is 0 Å². The second kappa shape index (κ2) is 3.45. The molecule has 0 bridgehead atoms. The van der Waals surface area contributed by atoms with Gasteiger partial charge in [-0.25, -0.2) is 0 Å². The summed E-state index contributed by atoms with van der Waals surface area (Å²) >= 11 is 3.57. The smallest absolute Gasteiger partial charge is 0.0868 e. The third-order valence-corrected chi connectivity index (χ3v) is 3.66. The van der Waals surface area contributed by atoms with Gasteiger partial charge in [0.05, 0.1) is 5.52 Å². The maximum atomic E-state index is 6.10. The van der Waals surface area contributed by atoms with Crippen molar-refractivity contribution in [2.24, 2.45) is 0 Å². The Morgan fingerprint density at radius 3 is 2.75 bits per heavy atom. The van der Waals surface area contributed by atoms with E-state index in [1.807, 2.05) is 6.07 Å². The molecule has 1 saturated carbocycles. The summed E-state index contributed by atoms with van der Waals surface area (Å²) in [5.41, 5.74) is 10.3. The molecule has 1 aliphatic carbocycles. The largest absolute Gasteiger partial charge is 0.398 e. The molecule has 2 aromatic rings. The van der Waals surface area contributed by atoms with Crippen molar-refractivity contribution >= 4 is 32.5 Å². The molecule has 2 N–H and O–H groups in total. The molecule has 0 unspecified atom stereocenters. The van der Waals surface area contributed by atoms with Gasteiger partial charge in [0.1, 0.15) is 0 Å². The lowest BCUT2D eigenvalue weighted by Crippen LogP contribution is -1.95.